The quantitative estimate of drug-likeness (QED) is 0.190. The third kappa shape index (κ3) is 3.96. The van der Waals surface area contributed by atoms with Crippen LogP contribution in [-0.2, 0) is 14.4 Å². The number of esters is 1. The third-order valence-corrected chi connectivity index (χ3v) is 6.29. The Bertz CT molecular complexity index is 1460. The first-order chi connectivity index (χ1) is 17.2. The molecule has 1 fully saturated rings. The number of ether oxygens (including phenoxy) is 3. The normalized spacial score (nSPS) is 18.0. The number of hydrogen-bond acceptors (Lipinski definition) is 7. The zero-order chi connectivity index (χ0) is 25.6. The highest BCUT2D eigenvalue weighted by Gasteiger charge is 2.47. The van der Waals surface area contributed by atoms with E-state index < -0.39 is 23.7 Å². The van der Waals surface area contributed by atoms with Crippen molar-refractivity contribution in [3.63, 3.8) is 0 Å². The lowest BCUT2D eigenvalue weighted by Gasteiger charge is -2.26. The van der Waals surface area contributed by atoms with Crippen molar-refractivity contribution in [3.05, 3.63) is 88.5 Å². The second-order valence-corrected chi connectivity index (χ2v) is 8.67. The van der Waals surface area contributed by atoms with Gasteiger partial charge in [-0.1, -0.05) is 18.2 Å². The summed E-state index contributed by atoms with van der Waals surface area (Å²) in [5, 5.41) is 11.3. The monoisotopic (exact) mass is 485 g/mol. The van der Waals surface area contributed by atoms with Crippen molar-refractivity contribution in [2.45, 2.75) is 26.8 Å². The molecule has 3 aromatic rings. The second-order valence-electron chi connectivity index (χ2n) is 8.67. The Morgan fingerprint density at radius 3 is 2.50 bits per heavy atom. The van der Waals surface area contributed by atoms with E-state index in [0.29, 0.717) is 28.3 Å². The van der Waals surface area contributed by atoms with E-state index in [2.05, 4.69) is 0 Å². The van der Waals surface area contributed by atoms with Gasteiger partial charge >= 0.3 is 5.97 Å². The number of nitrogens with zero attached hydrogens (tertiary/aromatic N) is 1. The van der Waals surface area contributed by atoms with Gasteiger partial charge in [-0.15, -0.1) is 0 Å². The second kappa shape index (κ2) is 8.88. The SMILES string of the molecule is CC(=O)Oc1cccc(C2/C(=C(/O)c3ccc4c(c3)OCO4)C(=O)C(=O)N2c2ccc(C)c(C)c2)c1. The van der Waals surface area contributed by atoms with Crippen molar-refractivity contribution in [1.29, 1.82) is 0 Å². The minimum atomic E-state index is -0.965. The lowest BCUT2D eigenvalue weighted by atomic mass is 9.94. The first-order valence-corrected chi connectivity index (χ1v) is 11.3. The number of ketones is 1. The lowest BCUT2D eigenvalue weighted by molar-refractivity contribution is -0.132. The molecule has 0 saturated carbocycles. The Morgan fingerprint density at radius 2 is 1.75 bits per heavy atom. The minimum absolute atomic E-state index is 0.0552. The molecule has 36 heavy (non-hydrogen) atoms. The number of carbonyl (C=O) groups is 3. The number of Topliss-reactive ketones (excluding diaryl/α,β-unsaturated/α-hetero) is 1. The number of anilines is 1. The molecule has 8 heteroatoms. The molecule has 5 rings (SSSR count). The van der Waals surface area contributed by atoms with Gasteiger partial charge < -0.3 is 19.3 Å². The van der Waals surface area contributed by atoms with Crippen molar-refractivity contribution < 1.29 is 33.7 Å². The summed E-state index contributed by atoms with van der Waals surface area (Å²) in [5.74, 6) is -1.25. The van der Waals surface area contributed by atoms with E-state index in [-0.39, 0.29) is 23.9 Å². The molecule has 1 saturated heterocycles. The molecule has 0 aliphatic carbocycles. The predicted molar refractivity (Wildman–Crippen MR) is 131 cm³/mol. The Labute approximate surface area is 207 Å². The molecule has 1 atom stereocenters. The smallest absolute Gasteiger partial charge is 0.308 e. The molecule has 0 spiro atoms. The van der Waals surface area contributed by atoms with Gasteiger partial charge in [0.2, 0.25) is 6.79 Å². The van der Waals surface area contributed by atoms with Crippen molar-refractivity contribution in [2.24, 2.45) is 0 Å². The molecule has 1 N–H and O–H groups in total. The van der Waals surface area contributed by atoms with Gasteiger partial charge in [-0.25, -0.2) is 0 Å². The molecular formula is C28H23NO7. The maximum atomic E-state index is 13.4. The summed E-state index contributed by atoms with van der Waals surface area (Å²) in [6.45, 7) is 5.21. The van der Waals surface area contributed by atoms with Crippen LogP contribution in [0.1, 0.15) is 35.2 Å². The van der Waals surface area contributed by atoms with E-state index in [9.17, 15) is 19.5 Å². The number of benzene rings is 3. The fraction of sp³-hybridized carbons (Fsp3) is 0.179. The lowest BCUT2D eigenvalue weighted by Crippen LogP contribution is -2.29. The minimum Gasteiger partial charge on any atom is -0.507 e. The molecule has 0 bridgehead atoms. The molecule has 0 aromatic heterocycles. The third-order valence-electron chi connectivity index (χ3n) is 6.29. The number of aliphatic hydroxyl groups is 1. The molecule has 2 heterocycles. The number of carbonyl (C=O) groups excluding carboxylic acids is 3. The van der Waals surface area contributed by atoms with Gasteiger partial charge in [-0.3, -0.25) is 19.3 Å². The van der Waals surface area contributed by atoms with Crippen LogP contribution in [0.15, 0.2) is 66.2 Å². The molecule has 8 nitrogen and oxygen atoms in total. The van der Waals surface area contributed by atoms with Crippen LogP contribution in [0.4, 0.5) is 5.69 Å². The van der Waals surface area contributed by atoms with E-state index in [1.54, 1.807) is 48.5 Å². The van der Waals surface area contributed by atoms with Crippen LogP contribution in [-0.4, -0.2) is 29.6 Å². The summed E-state index contributed by atoms with van der Waals surface area (Å²) < 4.78 is 16.0. The Morgan fingerprint density at radius 1 is 0.972 bits per heavy atom. The van der Waals surface area contributed by atoms with Crippen LogP contribution in [0, 0.1) is 13.8 Å². The van der Waals surface area contributed by atoms with E-state index in [1.165, 1.54) is 11.8 Å². The Kier molecular flexibility index (Phi) is 5.72. The molecule has 0 radical (unpaired) electrons. The fourth-order valence-corrected chi connectivity index (χ4v) is 4.40. The molecule has 1 unspecified atom stereocenters. The van der Waals surface area contributed by atoms with Crippen molar-refractivity contribution in [1.82, 2.24) is 0 Å². The average Bonchev–Trinajstić information content (AvgIpc) is 3.42. The maximum absolute atomic E-state index is 13.4. The summed E-state index contributed by atoms with van der Waals surface area (Å²) in [6.07, 6.45) is 0. The number of fused-ring (bicyclic) bond motifs is 1. The zero-order valence-electron chi connectivity index (χ0n) is 19.9. The van der Waals surface area contributed by atoms with Crippen molar-refractivity contribution in [2.75, 3.05) is 11.7 Å². The number of hydrogen-bond donors (Lipinski definition) is 1. The predicted octanol–water partition coefficient (Wildman–Crippen LogP) is 4.58. The molecule has 3 aromatic carbocycles. The van der Waals surface area contributed by atoms with Crippen LogP contribution in [0.3, 0.4) is 0 Å². The molecule has 2 aliphatic rings. The van der Waals surface area contributed by atoms with Crippen LogP contribution in [0.2, 0.25) is 0 Å². The van der Waals surface area contributed by atoms with E-state index >= 15 is 0 Å². The number of amides is 1. The van der Waals surface area contributed by atoms with Gasteiger partial charge in [-0.05, 0) is 73.0 Å². The number of aryl methyl sites for hydroxylation is 2. The standard InChI is InChI=1S/C28H23NO7/c1-15-7-9-20(11-16(15)2)29-25(18-5-4-6-21(12-18)36-17(3)30)24(27(32)28(29)33)26(31)19-8-10-22-23(13-19)35-14-34-22/h4-13,25,31H,14H2,1-3H3/b26-24-. The maximum Gasteiger partial charge on any atom is 0.308 e. The van der Waals surface area contributed by atoms with Gasteiger partial charge in [0, 0.05) is 18.2 Å². The summed E-state index contributed by atoms with van der Waals surface area (Å²) in [7, 11) is 0. The fourth-order valence-electron chi connectivity index (χ4n) is 4.40. The van der Waals surface area contributed by atoms with E-state index in [1.807, 2.05) is 26.0 Å². The first kappa shape index (κ1) is 23.2. The zero-order valence-corrected chi connectivity index (χ0v) is 19.9. The van der Waals surface area contributed by atoms with Gasteiger partial charge in [0.15, 0.2) is 11.5 Å². The molecule has 1 amide bonds. The first-order valence-electron chi connectivity index (χ1n) is 11.3. The van der Waals surface area contributed by atoms with Crippen LogP contribution in [0.25, 0.3) is 5.76 Å². The van der Waals surface area contributed by atoms with E-state index in [0.717, 1.165) is 11.1 Å². The molecular weight excluding hydrogens is 462 g/mol. The van der Waals surface area contributed by atoms with Gasteiger partial charge in [-0.2, -0.15) is 0 Å². The topological polar surface area (TPSA) is 102 Å². The van der Waals surface area contributed by atoms with Gasteiger partial charge in [0.1, 0.15) is 11.5 Å². The molecule has 2 aliphatic heterocycles. The van der Waals surface area contributed by atoms with Gasteiger partial charge in [0.25, 0.3) is 11.7 Å². The Balaban J connectivity index is 1.71. The summed E-state index contributed by atoms with van der Waals surface area (Å²) in [4.78, 5) is 39.7. The van der Waals surface area contributed by atoms with Crippen molar-refractivity contribution in [3.8, 4) is 17.2 Å². The van der Waals surface area contributed by atoms with Crippen LogP contribution < -0.4 is 19.1 Å². The van der Waals surface area contributed by atoms with Crippen LogP contribution in [0.5, 0.6) is 17.2 Å². The summed E-state index contributed by atoms with van der Waals surface area (Å²) in [5.41, 5.74) is 3.19. The highest BCUT2D eigenvalue weighted by atomic mass is 16.7. The number of aliphatic hydroxyl groups excluding tert-OH is 1. The van der Waals surface area contributed by atoms with Gasteiger partial charge in [0.05, 0.1) is 11.6 Å². The summed E-state index contributed by atoms with van der Waals surface area (Å²) >= 11 is 0. The van der Waals surface area contributed by atoms with Crippen LogP contribution >= 0.6 is 0 Å². The highest BCUT2D eigenvalue weighted by Crippen LogP contribution is 2.44. The summed E-state index contributed by atoms with van der Waals surface area (Å²) in [6, 6.07) is 15.8. The largest absolute Gasteiger partial charge is 0.507 e. The van der Waals surface area contributed by atoms with Crippen molar-refractivity contribution >= 4 is 29.1 Å². The number of rotatable bonds is 4. The van der Waals surface area contributed by atoms with E-state index in [4.69, 9.17) is 14.2 Å². The average molecular weight is 485 g/mol. The Hall–Kier alpha value is -4.59. The molecule has 182 valence electrons. The highest BCUT2D eigenvalue weighted by molar-refractivity contribution is 6.51.